The lowest BCUT2D eigenvalue weighted by Gasteiger charge is -2.38. The number of hydrogen-bond acceptors (Lipinski definition) is 3. The van der Waals surface area contributed by atoms with Gasteiger partial charge in [-0.15, -0.1) is 0 Å². The van der Waals surface area contributed by atoms with Crippen molar-refractivity contribution in [2.24, 2.45) is 5.41 Å². The van der Waals surface area contributed by atoms with Crippen molar-refractivity contribution in [2.45, 2.75) is 38.7 Å². The van der Waals surface area contributed by atoms with E-state index in [1.807, 2.05) is 6.92 Å². The number of nitrogens with zero attached hydrogens (tertiary/aromatic N) is 1. The number of urea groups is 1. The molecule has 1 saturated carbocycles. The molecule has 1 aromatic rings. The zero-order valence-electron chi connectivity index (χ0n) is 11.2. The Morgan fingerprint density at radius 1 is 1.58 bits per heavy atom. The van der Waals surface area contributed by atoms with Crippen LogP contribution in [0.5, 0.6) is 0 Å². The van der Waals surface area contributed by atoms with Gasteiger partial charge in [0.2, 0.25) is 0 Å². The number of rotatable bonds is 3. The fourth-order valence-corrected chi connectivity index (χ4v) is 2.48. The van der Waals surface area contributed by atoms with Crippen LogP contribution >= 0.6 is 0 Å². The average Bonchev–Trinajstić information content (AvgIpc) is 2.41. The number of nitrogens with one attached hydrogen (secondary N) is 2. The molecule has 0 aromatic carbocycles. The quantitative estimate of drug-likeness (QED) is 0.782. The van der Waals surface area contributed by atoms with Crippen LogP contribution in [-0.2, 0) is 0 Å². The number of aromatic nitrogens is 1. The first-order chi connectivity index (χ1) is 9.10. The van der Waals surface area contributed by atoms with Crippen LogP contribution in [0.25, 0.3) is 0 Å². The lowest BCUT2D eigenvalue weighted by molar-refractivity contribution is 0.00333. The summed E-state index contributed by atoms with van der Waals surface area (Å²) in [6.45, 7) is 2.52. The Balaban J connectivity index is 1.83. The zero-order valence-corrected chi connectivity index (χ0v) is 11.2. The molecule has 1 aromatic heterocycles. The van der Waals surface area contributed by atoms with Gasteiger partial charge in [-0.3, -0.25) is 4.98 Å². The van der Waals surface area contributed by atoms with Gasteiger partial charge in [0, 0.05) is 18.2 Å². The summed E-state index contributed by atoms with van der Waals surface area (Å²) < 4.78 is 0. The van der Waals surface area contributed by atoms with E-state index < -0.39 is 0 Å². The second-order valence-corrected chi connectivity index (χ2v) is 5.46. The highest BCUT2D eigenvalue weighted by atomic mass is 16.3. The molecule has 3 N–H and O–H groups in total. The molecule has 5 nitrogen and oxygen atoms in total. The highest BCUT2D eigenvalue weighted by Crippen LogP contribution is 2.35. The number of carbonyl (C=O) groups excluding carboxylic acids is 1. The van der Waals surface area contributed by atoms with Crippen molar-refractivity contribution < 1.29 is 9.90 Å². The number of carbonyl (C=O) groups is 1. The molecule has 2 amide bonds. The first-order valence-electron chi connectivity index (χ1n) is 6.73. The molecule has 1 aliphatic rings. The van der Waals surface area contributed by atoms with E-state index in [0.717, 1.165) is 25.7 Å². The summed E-state index contributed by atoms with van der Waals surface area (Å²) in [4.78, 5) is 15.7. The molecule has 2 rings (SSSR count). The van der Waals surface area contributed by atoms with E-state index >= 15 is 0 Å². The molecule has 5 heteroatoms. The van der Waals surface area contributed by atoms with Gasteiger partial charge in [-0.1, -0.05) is 19.8 Å². The van der Waals surface area contributed by atoms with E-state index in [9.17, 15) is 9.90 Å². The Labute approximate surface area is 113 Å². The molecule has 2 atom stereocenters. The molecule has 1 aliphatic carbocycles. The molecule has 2 unspecified atom stereocenters. The first-order valence-corrected chi connectivity index (χ1v) is 6.73. The second-order valence-electron chi connectivity index (χ2n) is 5.46. The van der Waals surface area contributed by atoms with Crippen molar-refractivity contribution in [1.82, 2.24) is 10.3 Å². The minimum Gasteiger partial charge on any atom is -0.392 e. The lowest BCUT2D eigenvalue weighted by atomic mass is 9.73. The monoisotopic (exact) mass is 263 g/mol. The van der Waals surface area contributed by atoms with Gasteiger partial charge in [0.05, 0.1) is 18.0 Å². The van der Waals surface area contributed by atoms with E-state index in [-0.39, 0.29) is 17.6 Å². The van der Waals surface area contributed by atoms with Crippen LogP contribution in [0, 0.1) is 5.41 Å². The highest BCUT2D eigenvalue weighted by Gasteiger charge is 2.35. The maximum atomic E-state index is 11.8. The van der Waals surface area contributed by atoms with Crippen LogP contribution in [0.3, 0.4) is 0 Å². The first kappa shape index (κ1) is 13.8. The predicted octanol–water partition coefficient (Wildman–Crippen LogP) is 2.14. The van der Waals surface area contributed by atoms with Gasteiger partial charge < -0.3 is 15.7 Å². The molecular weight excluding hydrogens is 242 g/mol. The molecule has 0 aliphatic heterocycles. The van der Waals surface area contributed by atoms with E-state index in [1.54, 1.807) is 24.5 Å². The average molecular weight is 263 g/mol. The van der Waals surface area contributed by atoms with Gasteiger partial charge in [-0.2, -0.15) is 0 Å². The smallest absolute Gasteiger partial charge is 0.319 e. The SMILES string of the molecule is CC1(CNC(=O)Nc2cccnc2)CCCCC1O. The van der Waals surface area contributed by atoms with Crippen LogP contribution in [0.4, 0.5) is 10.5 Å². The third-order valence-corrected chi connectivity index (χ3v) is 3.85. The summed E-state index contributed by atoms with van der Waals surface area (Å²) in [7, 11) is 0. The molecule has 19 heavy (non-hydrogen) atoms. The highest BCUT2D eigenvalue weighted by molar-refractivity contribution is 5.88. The summed E-state index contributed by atoms with van der Waals surface area (Å²) in [5.41, 5.74) is 0.444. The summed E-state index contributed by atoms with van der Waals surface area (Å²) in [6, 6.07) is 3.29. The maximum absolute atomic E-state index is 11.8. The molecule has 0 saturated heterocycles. The number of anilines is 1. The number of hydrogen-bond donors (Lipinski definition) is 3. The second kappa shape index (κ2) is 6.02. The summed E-state index contributed by atoms with van der Waals surface area (Å²) in [5.74, 6) is 0. The van der Waals surface area contributed by atoms with Crippen molar-refractivity contribution in [3.05, 3.63) is 24.5 Å². The standard InChI is InChI=1S/C14H21N3O2/c1-14(7-3-2-6-12(14)18)10-16-13(19)17-11-5-4-8-15-9-11/h4-5,8-9,12,18H,2-3,6-7,10H2,1H3,(H2,16,17,19). The minimum absolute atomic E-state index is 0.218. The Morgan fingerprint density at radius 2 is 2.42 bits per heavy atom. The summed E-state index contributed by atoms with van der Waals surface area (Å²) in [5, 5.41) is 15.6. The third-order valence-electron chi connectivity index (χ3n) is 3.85. The molecule has 104 valence electrons. The van der Waals surface area contributed by atoms with Gasteiger partial charge >= 0.3 is 6.03 Å². The van der Waals surface area contributed by atoms with E-state index in [4.69, 9.17) is 0 Å². The van der Waals surface area contributed by atoms with Gasteiger partial charge in [0.1, 0.15) is 0 Å². The number of amides is 2. The number of pyridine rings is 1. The van der Waals surface area contributed by atoms with Crippen LogP contribution < -0.4 is 10.6 Å². The van der Waals surface area contributed by atoms with Gasteiger partial charge in [0.15, 0.2) is 0 Å². The molecule has 1 heterocycles. The van der Waals surface area contributed by atoms with Gasteiger partial charge in [-0.05, 0) is 25.0 Å². The third kappa shape index (κ3) is 3.67. The molecule has 1 fully saturated rings. The topological polar surface area (TPSA) is 74.2 Å². The molecule has 0 bridgehead atoms. The van der Waals surface area contributed by atoms with Crippen LogP contribution in [0.2, 0.25) is 0 Å². The largest absolute Gasteiger partial charge is 0.392 e. The fourth-order valence-electron chi connectivity index (χ4n) is 2.48. The van der Waals surface area contributed by atoms with E-state index in [1.165, 1.54) is 0 Å². The van der Waals surface area contributed by atoms with Gasteiger partial charge in [-0.25, -0.2) is 4.79 Å². The minimum atomic E-state index is -0.333. The lowest BCUT2D eigenvalue weighted by Crippen LogP contribution is -2.46. The zero-order chi connectivity index (χ0) is 13.7. The Bertz CT molecular complexity index is 424. The van der Waals surface area contributed by atoms with Crippen molar-refractivity contribution in [1.29, 1.82) is 0 Å². The fraction of sp³-hybridized carbons (Fsp3) is 0.571. The normalized spacial score (nSPS) is 26.7. The van der Waals surface area contributed by atoms with Crippen LogP contribution in [-0.4, -0.2) is 28.8 Å². The Hall–Kier alpha value is -1.62. The molecule has 0 spiro atoms. The summed E-state index contributed by atoms with van der Waals surface area (Å²) >= 11 is 0. The molecule has 0 radical (unpaired) electrons. The van der Waals surface area contributed by atoms with E-state index in [2.05, 4.69) is 15.6 Å². The van der Waals surface area contributed by atoms with Crippen molar-refractivity contribution in [3.8, 4) is 0 Å². The van der Waals surface area contributed by atoms with Gasteiger partial charge in [0.25, 0.3) is 0 Å². The Kier molecular flexibility index (Phi) is 4.37. The molecular formula is C14H21N3O2. The number of aliphatic hydroxyl groups excluding tert-OH is 1. The summed E-state index contributed by atoms with van der Waals surface area (Å²) in [6.07, 6.45) is 6.86. The maximum Gasteiger partial charge on any atom is 0.319 e. The number of aliphatic hydroxyl groups is 1. The van der Waals surface area contributed by atoms with E-state index in [0.29, 0.717) is 12.2 Å². The van der Waals surface area contributed by atoms with Crippen molar-refractivity contribution >= 4 is 11.7 Å². The van der Waals surface area contributed by atoms with Crippen LogP contribution in [0.1, 0.15) is 32.6 Å². The Morgan fingerprint density at radius 3 is 3.11 bits per heavy atom. The van der Waals surface area contributed by atoms with Crippen LogP contribution in [0.15, 0.2) is 24.5 Å². The van der Waals surface area contributed by atoms with Crippen molar-refractivity contribution in [2.75, 3.05) is 11.9 Å². The van der Waals surface area contributed by atoms with Crippen molar-refractivity contribution in [3.63, 3.8) is 0 Å². The predicted molar refractivity (Wildman–Crippen MR) is 73.8 cm³/mol.